The first-order chi connectivity index (χ1) is 3.18. The Kier molecular flexibility index (Phi) is 2.27. The summed E-state index contributed by atoms with van der Waals surface area (Å²) in [5.74, 6) is -0.0694. The van der Waals surface area contributed by atoms with E-state index in [1.807, 2.05) is 0 Å². The van der Waals surface area contributed by atoms with Gasteiger partial charge in [0.25, 0.3) is 0 Å². The molecule has 2 heteroatoms. The second kappa shape index (κ2) is 2.50. The molecule has 0 aliphatic carbocycles. The zero-order chi connectivity index (χ0) is 5.86. The van der Waals surface area contributed by atoms with Gasteiger partial charge in [-0.15, -0.1) is 0 Å². The van der Waals surface area contributed by atoms with Crippen LogP contribution in [0.5, 0.6) is 0 Å². The van der Waals surface area contributed by atoms with Crippen molar-refractivity contribution in [3.05, 3.63) is 0 Å². The van der Waals surface area contributed by atoms with Gasteiger partial charge in [0.1, 0.15) is 0 Å². The van der Waals surface area contributed by atoms with Crippen molar-refractivity contribution in [2.24, 2.45) is 0 Å². The van der Waals surface area contributed by atoms with Crippen molar-refractivity contribution in [2.45, 2.75) is 20.3 Å². The van der Waals surface area contributed by atoms with E-state index in [-0.39, 0.29) is 11.5 Å². The minimum absolute atomic E-state index is 0.0694. The number of hydrogen-bond acceptors (Lipinski definition) is 2. The molecule has 0 aromatic heterocycles. The molecule has 0 amide bonds. The van der Waals surface area contributed by atoms with Crippen LogP contribution >= 0.6 is 0 Å². The fraction of sp³-hybridized carbons (Fsp3) is 0.600. The standard InChI is InChI=1S/C5H9NO/c1-3-5(7)4(2)6/h6H,3H2,1-2H3. The van der Waals surface area contributed by atoms with Crippen molar-refractivity contribution in [3.8, 4) is 0 Å². The van der Waals surface area contributed by atoms with Crippen molar-refractivity contribution in [3.63, 3.8) is 0 Å². The van der Waals surface area contributed by atoms with Crippen LogP contribution in [-0.2, 0) is 4.79 Å². The van der Waals surface area contributed by atoms with Gasteiger partial charge in [0.15, 0.2) is 5.78 Å². The molecule has 7 heavy (non-hydrogen) atoms. The van der Waals surface area contributed by atoms with E-state index >= 15 is 0 Å². The van der Waals surface area contributed by atoms with Gasteiger partial charge in [-0.05, 0) is 6.92 Å². The molecule has 1 N–H and O–H groups in total. The molecule has 0 atom stereocenters. The summed E-state index contributed by atoms with van der Waals surface area (Å²) in [7, 11) is 0. The Hall–Kier alpha value is -0.660. The molecular formula is C5H9NO. The van der Waals surface area contributed by atoms with E-state index in [1.165, 1.54) is 6.92 Å². The lowest BCUT2D eigenvalue weighted by Crippen LogP contribution is -2.05. The second-order valence-corrected chi connectivity index (χ2v) is 1.40. The summed E-state index contributed by atoms with van der Waals surface area (Å²) >= 11 is 0. The van der Waals surface area contributed by atoms with Gasteiger partial charge in [0.2, 0.25) is 0 Å². The van der Waals surface area contributed by atoms with Gasteiger partial charge in [-0.25, -0.2) is 0 Å². The fourth-order valence-corrected chi connectivity index (χ4v) is 0.265. The summed E-state index contributed by atoms with van der Waals surface area (Å²) in [5, 5.41) is 6.75. The van der Waals surface area contributed by atoms with E-state index in [0.29, 0.717) is 6.42 Å². The topological polar surface area (TPSA) is 40.9 Å². The molecular weight excluding hydrogens is 90.1 g/mol. The number of nitrogens with one attached hydrogen (secondary N) is 1. The van der Waals surface area contributed by atoms with Gasteiger partial charge in [-0.3, -0.25) is 4.79 Å². The molecule has 0 radical (unpaired) electrons. The number of ketones is 1. The van der Waals surface area contributed by atoms with Crippen LogP contribution in [0.4, 0.5) is 0 Å². The highest BCUT2D eigenvalue weighted by Crippen LogP contribution is 1.80. The second-order valence-electron chi connectivity index (χ2n) is 1.40. The summed E-state index contributed by atoms with van der Waals surface area (Å²) < 4.78 is 0. The van der Waals surface area contributed by atoms with Crippen molar-refractivity contribution >= 4 is 11.5 Å². The quantitative estimate of drug-likeness (QED) is 0.515. The normalized spacial score (nSPS) is 8.29. The van der Waals surface area contributed by atoms with Gasteiger partial charge in [-0.2, -0.15) is 0 Å². The number of Topliss-reactive ketones (excluding diaryl/α,β-unsaturated/α-hetero) is 1. The molecule has 0 rings (SSSR count). The van der Waals surface area contributed by atoms with Gasteiger partial charge < -0.3 is 5.41 Å². The lowest BCUT2D eigenvalue weighted by Gasteiger charge is -1.85. The van der Waals surface area contributed by atoms with Crippen LogP contribution in [0.3, 0.4) is 0 Å². The number of carbonyl (C=O) groups is 1. The predicted molar refractivity (Wildman–Crippen MR) is 28.7 cm³/mol. The summed E-state index contributed by atoms with van der Waals surface area (Å²) in [6.07, 6.45) is 0.454. The monoisotopic (exact) mass is 99.1 g/mol. The Morgan fingerprint density at radius 3 is 2.14 bits per heavy atom. The van der Waals surface area contributed by atoms with Gasteiger partial charge >= 0.3 is 0 Å². The van der Waals surface area contributed by atoms with Gasteiger partial charge in [-0.1, -0.05) is 6.92 Å². The molecule has 0 aromatic carbocycles. The molecule has 0 spiro atoms. The van der Waals surface area contributed by atoms with E-state index < -0.39 is 0 Å². The smallest absolute Gasteiger partial charge is 0.175 e. The van der Waals surface area contributed by atoms with Crippen LogP contribution < -0.4 is 0 Å². The Morgan fingerprint density at radius 1 is 1.71 bits per heavy atom. The van der Waals surface area contributed by atoms with E-state index in [4.69, 9.17) is 5.41 Å². The van der Waals surface area contributed by atoms with Crippen LogP contribution in [0, 0.1) is 5.41 Å². The third-order valence-electron chi connectivity index (χ3n) is 0.739. The zero-order valence-electron chi connectivity index (χ0n) is 4.62. The van der Waals surface area contributed by atoms with E-state index in [2.05, 4.69) is 0 Å². The number of carbonyl (C=O) groups excluding carboxylic acids is 1. The molecule has 0 saturated carbocycles. The largest absolute Gasteiger partial charge is 0.302 e. The summed E-state index contributed by atoms with van der Waals surface area (Å²) in [6.45, 7) is 3.26. The minimum Gasteiger partial charge on any atom is -0.302 e. The first kappa shape index (κ1) is 6.34. The Labute approximate surface area is 43.0 Å². The molecule has 0 heterocycles. The third kappa shape index (κ3) is 2.09. The number of rotatable bonds is 2. The predicted octanol–water partition coefficient (Wildman–Crippen LogP) is 1.01. The average molecular weight is 99.1 g/mol. The number of hydrogen-bond donors (Lipinski definition) is 1. The van der Waals surface area contributed by atoms with Crippen LogP contribution in [-0.4, -0.2) is 11.5 Å². The zero-order valence-corrected chi connectivity index (χ0v) is 4.62. The van der Waals surface area contributed by atoms with Gasteiger partial charge in [0, 0.05) is 6.42 Å². The van der Waals surface area contributed by atoms with E-state index in [1.54, 1.807) is 6.92 Å². The van der Waals surface area contributed by atoms with Crippen LogP contribution in [0.15, 0.2) is 0 Å². The van der Waals surface area contributed by atoms with Crippen molar-refractivity contribution in [1.29, 1.82) is 5.41 Å². The maximum absolute atomic E-state index is 10.3. The molecule has 40 valence electrons. The van der Waals surface area contributed by atoms with E-state index in [9.17, 15) is 4.79 Å². The maximum Gasteiger partial charge on any atom is 0.175 e. The minimum atomic E-state index is -0.0694. The Bertz CT molecular complexity index is 96.3. The van der Waals surface area contributed by atoms with Crippen LogP contribution in [0.2, 0.25) is 0 Å². The van der Waals surface area contributed by atoms with E-state index in [0.717, 1.165) is 0 Å². The molecule has 0 fully saturated rings. The third-order valence-corrected chi connectivity index (χ3v) is 0.739. The maximum atomic E-state index is 10.3. The lowest BCUT2D eigenvalue weighted by molar-refractivity contribution is -0.112. The SMILES string of the molecule is CCC(=O)C(C)=N. The highest BCUT2D eigenvalue weighted by atomic mass is 16.1. The molecule has 0 unspecified atom stereocenters. The molecule has 0 saturated heterocycles. The highest BCUT2D eigenvalue weighted by Gasteiger charge is 1.96. The molecule has 0 bridgehead atoms. The summed E-state index contributed by atoms with van der Waals surface area (Å²) in [4.78, 5) is 10.3. The van der Waals surface area contributed by atoms with Crippen LogP contribution in [0.25, 0.3) is 0 Å². The summed E-state index contributed by atoms with van der Waals surface area (Å²) in [5.41, 5.74) is 0.155. The first-order valence-corrected chi connectivity index (χ1v) is 2.26. The summed E-state index contributed by atoms with van der Waals surface area (Å²) in [6, 6.07) is 0. The molecule has 0 aromatic rings. The first-order valence-electron chi connectivity index (χ1n) is 2.26. The molecule has 0 aliphatic heterocycles. The van der Waals surface area contributed by atoms with Crippen LogP contribution in [0.1, 0.15) is 20.3 Å². The molecule has 0 aliphatic rings. The molecule has 2 nitrogen and oxygen atoms in total. The van der Waals surface area contributed by atoms with Gasteiger partial charge in [0.05, 0.1) is 5.71 Å². The fourth-order valence-electron chi connectivity index (χ4n) is 0.265. The van der Waals surface area contributed by atoms with Crippen molar-refractivity contribution in [1.82, 2.24) is 0 Å². The lowest BCUT2D eigenvalue weighted by atomic mass is 10.2. The van der Waals surface area contributed by atoms with Crippen molar-refractivity contribution < 1.29 is 4.79 Å². The Morgan fingerprint density at radius 2 is 2.14 bits per heavy atom. The Balaban J connectivity index is 3.58. The average Bonchev–Trinajstić information content (AvgIpc) is 1.65. The van der Waals surface area contributed by atoms with Crippen molar-refractivity contribution in [2.75, 3.05) is 0 Å². The highest BCUT2D eigenvalue weighted by molar-refractivity contribution is 6.37.